The van der Waals surface area contributed by atoms with Gasteiger partial charge in [-0.15, -0.1) is 0 Å². The number of hydrogen-bond donors (Lipinski definition) is 1. The number of nitrogens with one attached hydrogen (secondary N) is 1. The molecule has 3 heterocycles. The van der Waals surface area contributed by atoms with Crippen molar-refractivity contribution in [3.63, 3.8) is 0 Å². The number of ether oxygens (including phenoxy) is 1. The van der Waals surface area contributed by atoms with Crippen LogP contribution < -0.4 is 10.1 Å². The number of nitrogens with zero attached hydrogens (tertiary/aromatic N) is 5. The fourth-order valence-corrected chi connectivity index (χ4v) is 2.65. The van der Waals surface area contributed by atoms with Gasteiger partial charge in [-0.25, -0.2) is 9.97 Å². The molecule has 0 aliphatic carbocycles. The second-order valence-electron chi connectivity index (χ2n) is 5.93. The van der Waals surface area contributed by atoms with Crippen LogP contribution in [0.25, 0.3) is 11.3 Å². The predicted octanol–water partition coefficient (Wildman–Crippen LogP) is 2.77. The van der Waals surface area contributed by atoms with Crippen LogP contribution in [-0.4, -0.2) is 37.4 Å². The van der Waals surface area contributed by atoms with Gasteiger partial charge in [-0.1, -0.05) is 0 Å². The first kappa shape index (κ1) is 16.9. The highest BCUT2D eigenvalue weighted by atomic mass is 16.5. The van der Waals surface area contributed by atoms with E-state index in [4.69, 9.17) is 4.74 Å². The smallest absolute Gasteiger partial charge is 0.223 e. The first-order chi connectivity index (χ1) is 12.0. The molecule has 0 aliphatic heterocycles. The van der Waals surface area contributed by atoms with E-state index in [1.165, 1.54) is 0 Å². The lowest BCUT2D eigenvalue weighted by Crippen LogP contribution is -2.23. The lowest BCUT2D eigenvalue weighted by Gasteiger charge is -2.15. The zero-order chi connectivity index (χ0) is 17.8. The molecule has 0 radical (unpaired) electrons. The Hall–Kier alpha value is -2.96. The maximum absolute atomic E-state index is 5.80. The average molecular weight is 338 g/mol. The minimum absolute atomic E-state index is 0.0432. The molecule has 130 valence electrons. The van der Waals surface area contributed by atoms with Crippen LogP contribution in [0.1, 0.15) is 18.3 Å². The van der Waals surface area contributed by atoms with Crippen LogP contribution >= 0.6 is 0 Å². The van der Waals surface area contributed by atoms with Crippen molar-refractivity contribution in [3.8, 4) is 17.0 Å². The maximum Gasteiger partial charge on any atom is 0.223 e. The number of aromatic nitrogens is 5. The molecule has 25 heavy (non-hydrogen) atoms. The summed E-state index contributed by atoms with van der Waals surface area (Å²) in [5, 5.41) is 7.67. The van der Waals surface area contributed by atoms with Gasteiger partial charge in [0.15, 0.2) is 0 Å². The number of anilines is 1. The average Bonchev–Trinajstić information content (AvgIpc) is 2.86. The van der Waals surface area contributed by atoms with Gasteiger partial charge in [0, 0.05) is 30.7 Å². The van der Waals surface area contributed by atoms with Gasteiger partial charge in [-0.3, -0.25) is 9.67 Å². The summed E-state index contributed by atoms with van der Waals surface area (Å²) in [4.78, 5) is 12.9. The van der Waals surface area contributed by atoms with Crippen LogP contribution in [0.5, 0.6) is 5.75 Å². The largest absolute Gasteiger partial charge is 0.487 e. The van der Waals surface area contributed by atoms with E-state index in [1.807, 2.05) is 50.7 Å². The third kappa shape index (κ3) is 3.93. The zero-order valence-corrected chi connectivity index (χ0v) is 14.9. The van der Waals surface area contributed by atoms with Gasteiger partial charge in [0.25, 0.3) is 0 Å². The van der Waals surface area contributed by atoms with Crippen molar-refractivity contribution in [2.45, 2.75) is 26.9 Å². The predicted molar refractivity (Wildman–Crippen MR) is 96.5 cm³/mol. The molecule has 7 nitrogen and oxygen atoms in total. The van der Waals surface area contributed by atoms with Gasteiger partial charge in [-0.2, -0.15) is 5.10 Å². The van der Waals surface area contributed by atoms with Crippen LogP contribution in [-0.2, 0) is 7.05 Å². The fraction of sp³-hybridized carbons (Fsp3) is 0.333. The molecule has 7 heteroatoms. The molecule has 0 spiro atoms. The third-order valence-corrected chi connectivity index (χ3v) is 3.94. The van der Waals surface area contributed by atoms with Crippen molar-refractivity contribution >= 4 is 5.95 Å². The molecule has 0 amide bonds. The highest BCUT2D eigenvalue weighted by Gasteiger charge is 2.14. The highest BCUT2D eigenvalue weighted by molar-refractivity contribution is 5.65. The zero-order valence-electron chi connectivity index (χ0n) is 14.9. The molecule has 0 unspecified atom stereocenters. The van der Waals surface area contributed by atoms with Crippen LogP contribution in [0.4, 0.5) is 5.95 Å². The third-order valence-electron chi connectivity index (χ3n) is 3.94. The lowest BCUT2D eigenvalue weighted by molar-refractivity contribution is 0.233. The molecule has 1 N–H and O–H groups in total. The normalized spacial score (nSPS) is 12.0. The lowest BCUT2D eigenvalue weighted by atomic mass is 10.1. The Labute approximate surface area is 147 Å². The number of pyridine rings is 1. The number of hydrogen-bond acceptors (Lipinski definition) is 6. The monoisotopic (exact) mass is 338 g/mol. The van der Waals surface area contributed by atoms with Crippen molar-refractivity contribution in [2.75, 3.05) is 11.9 Å². The molecule has 1 atom stereocenters. The molecule has 0 aliphatic rings. The first-order valence-electron chi connectivity index (χ1n) is 8.18. The molecule has 0 fully saturated rings. The molecule has 3 rings (SSSR count). The van der Waals surface area contributed by atoms with Gasteiger partial charge in [-0.05, 0) is 39.0 Å². The van der Waals surface area contributed by atoms with E-state index in [-0.39, 0.29) is 6.10 Å². The molecule has 3 aromatic heterocycles. The van der Waals surface area contributed by atoms with Crippen molar-refractivity contribution < 1.29 is 4.74 Å². The van der Waals surface area contributed by atoms with Crippen molar-refractivity contribution in [1.82, 2.24) is 24.7 Å². The quantitative estimate of drug-likeness (QED) is 0.745. The molecule has 0 bridgehead atoms. The Morgan fingerprint density at radius 3 is 2.76 bits per heavy atom. The fourth-order valence-electron chi connectivity index (χ4n) is 2.65. The molecular weight excluding hydrogens is 316 g/mol. The van der Waals surface area contributed by atoms with E-state index >= 15 is 0 Å². The van der Waals surface area contributed by atoms with E-state index in [9.17, 15) is 0 Å². The minimum Gasteiger partial charge on any atom is -0.487 e. The Morgan fingerprint density at radius 2 is 2.08 bits per heavy atom. The summed E-state index contributed by atoms with van der Waals surface area (Å²) in [5.74, 6) is 1.31. The summed E-state index contributed by atoms with van der Waals surface area (Å²) in [6.45, 7) is 6.60. The molecular formula is C18H22N6O. The molecule has 0 saturated carbocycles. The van der Waals surface area contributed by atoms with Gasteiger partial charge in [0.1, 0.15) is 11.9 Å². The van der Waals surface area contributed by atoms with Crippen LogP contribution in [0.2, 0.25) is 0 Å². The Kier molecular flexibility index (Phi) is 4.92. The van der Waals surface area contributed by atoms with Gasteiger partial charge >= 0.3 is 0 Å². The Bertz CT molecular complexity index is 846. The van der Waals surface area contributed by atoms with E-state index in [0.29, 0.717) is 12.5 Å². The highest BCUT2D eigenvalue weighted by Crippen LogP contribution is 2.25. The van der Waals surface area contributed by atoms with Crippen LogP contribution in [0.3, 0.4) is 0 Å². The van der Waals surface area contributed by atoms with Crippen LogP contribution in [0.15, 0.2) is 36.8 Å². The van der Waals surface area contributed by atoms with E-state index in [0.717, 1.165) is 28.4 Å². The molecule has 0 saturated heterocycles. The molecule has 0 aromatic carbocycles. The summed E-state index contributed by atoms with van der Waals surface area (Å²) < 4.78 is 7.66. The van der Waals surface area contributed by atoms with Crippen molar-refractivity contribution in [3.05, 3.63) is 48.2 Å². The minimum atomic E-state index is -0.0432. The summed E-state index contributed by atoms with van der Waals surface area (Å²) in [5.41, 5.74) is 3.95. The second-order valence-corrected chi connectivity index (χ2v) is 5.93. The Morgan fingerprint density at radius 1 is 1.24 bits per heavy atom. The summed E-state index contributed by atoms with van der Waals surface area (Å²) in [6.07, 6.45) is 5.13. The van der Waals surface area contributed by atoms with E-state index < -0.39 is 0 Å². The summed E-state index contributed by atoms with van der Waals surface area (Å²) in [6, 6.07) is 5.63. The number of rotatable bonds is 6. The SMILES string of the molecule is Cc1nn(C)c(C)c1-c1ccnc(NC[C@H](C)Oc2cccnc2)n1. The van der Waals surface area contributed by atoms with E-state index in [2.05, 4.69) is 25.4 Å². The van der Waals surface area contributed by atoms with Gasteiger partial charge in [0.2, 0.25) is 5.95 Å². The summed E-state index contributed by atoms with van der Waals surface area (Å²) >= 11 is 0. The van der Waals surface area contributed by atoms with E-state index in [1.54, 1.807) is 18.6 Å². The van der Waals surface area contributed by atoms with Crippen molar-refractivity contribution in [2.24, 2.45) is 7.05 Å². The standard InChI is InChI=1S/C18H22N6O/c1-12(25-15-6-5-8-19-11-15)10-21-18-20-9-7-16(22-18)17-13(2)23-24(4)14(17)3/h5-9,11-12H,10H2,1-4H3,(H,20,21,22)/t12-/m0/s1. The second kappa shape index (κ2) is 7.29. The van der Waals surface area contributed by atoms with Gasteiger partial charge in [0.05, 0.1) is 24.1 Å². The Balaban J connectivity index is 1.68. The van der Waals surface area contributed by atoms with Crippen molar-refractivity contribution in [1.29, 1.82) is 0 Å². The van der Waals surface area contributed by atoms with Gasteiger partial charge < -0.3 is 10.1 Å². The topological polar surface area (TPSA) is 77.8 Å². The first-order valence-corrected chi connectivity index (χ1v) is 8.18. The number of aryl methyl sites for hydroxylation is 2. The molecule has 3 aromatic rings. The maximum atomic E-state index is 5.80. The van der Waals surface area contributed by atoms with Crippen LogP contribution in [0, 0.1) is 13.8 Å². The summed E-state index contributed by atoms with van der Waals surface area (Å²) in [7, 11) is 1.93.